The van der Waals surface area contributed by atoms with Crippen LogP contribution < -0.4 is 0 Å². The van der Waals surface area contributed by atoms with Crippen molar-refractivity contribution in [1.29, 1.82) is 0 Å². The first-order chi connectivity index (χ1) is 8.50. The Hall–Kier alpha value is -1.08. The molecule has 1 aromatic rings. The van der Waals surface area contributed by atoms with E-state index in [1.807, 2.05) is 0 Å². The molecule has 0 bridgehead atoms. The molecule has 1 unspecified atom stereocenters. The summed E-state index contributed by atoms with van der Waals surface area (Å²) >= 11 is 0. The van der Waals surface area contributed by atoms with Crippen LogP contribution in [-0.4, -0.2) is 40.4 Å². The fourth-order valence-corrected chi connectivity index (χ4v) is 2.67. The summed E-state index contributed by atoms with van der Waals surface area (Å²) in [5.41, 5.74) is -0.285. The lowest BCUT2D eigenvalue weighted by atomic mass is 9.84. The zero-order valence-electron chi connectivity index (χ0n) is 9.76. The predicted octanol–water partition coefficient (Wildman–Crippen LogP) is 1.79. The predicted molar refractivity (Wildman–Crippen MR) is 56.8 cm³/mol. The molecule has 2 aliphatic rings. The fraction of sp³-hybridized carbons (Fsp3) is 0.727. The SMILES string of the molecule is FC(F)(F)c1cc(CN2CCC23CCOC3)[nH]n1. The number of nitrogens with zero attached hydrogens (tertiary/aromatic N) is 2. The smallest absolute Gasteiger partial charge is 0.379 e. The maximum absolute atomic E-state index is 12.4. The Morgan fingerprint density at radius 1 is 1.44 bits per heavy atom. The van der Waals surface area contributed by atoms with E-state index in [0.29, 0.717) is 18.8 Å². The molecule has 4 nitrogen and oxygen atoms in total. The van der Waals surface area contributed by atoms with Gasteiger partial charge in [0.1, 0.15) is 0 Å². The number of alkyl halides is 3. The van der Waals surface area contributed by atoms with Crippen molar-refractivity contribution in [2.75, 3.05) is 19.8 Å². The summed E-state index contributed by atoms with van der Waals surface area (Å²) in [5, 5.41) is 5.77. The Balaban J connectivity index is 1.68. The molecule has 2 saturated heterocycles. The van der Waals surface area contributed by atoms with E-state index in [4.69, 9.17) is 4.74 Å². The van der Waals surface area contributed by atoms with Crippen molar-refractivity contribution in [3.05, 3.63) is 17.5 Å². The van der Waals surface area contributed by atoms with Gasteiger partial charge in [0.15, 0.2) is 5.69 Å². The van der Waals surface area contributed by atoms with Crippen LogP contribution in [0.25, 0.3) is 0 Å². The normalized spacial score (nSPS) is 28.8. The Morgan fingerprint density at radius 2 is 2.28 bits per heavy atom. The van der Waals surface area contributed by atoms with Gasteiger partial charge in [0, 0.05) is 30.9 Å². The van der Waals surface area contributed by atoms with Gasteiger partial charge in [-0.25, -0.2) is 0 Å². The third-order valence-corrected chi connectivity index (χ3v) is 3.88. The van der Waals surface area contributed by atoms with E-state index in [2.05, 4.69) is 15.1 Å². The molecular formula is C11H14F3N3O. The van der Waals surface area contributed by atoms with Crippen LogP contribution >= 0.6 is 0 Å². The number of nitrogens with one attached hydrogen (secondary N) is 1. The number of H-pyrrole nitrogens is 1. The van der Waals surface area contributed by atoms with E-state index >= 15 is 0 Å². The van der Waals surface area contributed by atoms with E-state index < -0.39 is 11.9 Å². The van der Waals surface area contributed by atoms with E-state index in [9.17, 15) is 13.2 Å². The van der Waals surface area contributed by atoms with Crippen LogP contribution in [0, 0.1) is 0 Å². The van der Waals surface area contributed by atoms with Gasteiger partial charge in [0.05, 0.1) is 6.61 Å². The van der Waals surface area contributed by atoms with E-state index in [1.54, 1.807) is 0 Å². The van der Waals surface area contributed by atoms with Gasteiger partial charge in [0.25, 0.3) is 0 Å². The van der Waals surface area contributed by atoms with Gasteiger partial charge in [-0.1, -0.05) is 0 Å². The average molecular weight is 261 g/mol. The molecule has 1 aromatic heterocycles. The lowest BCUT2D eigenvalue weighted by Gasteiger charge is -2.49. The van der Waals surface area contributed by atoms with Gasteiger partial charge in [-0.2, -0.15) is 18.3 Å². The van der Waals surface area contributed by atoms with Crippen LogP contribution in [0.2, 0.25) is 0 Å². The molecule has 2 aliphatic heterocycles. The number of halogens is 3. The van der Waals surface area contributed by atoms with Crippen molar-refractivity contribution in [2.45, 2.75) is 31.1 Å². The molecule has 1 N–H and O–H groups in total. The number of hydrogen-bond donors (Lipinski definition) is 1. The van der Waals surface area contributed by atoms with Gasteiger partial charge in [-0.3, -0.25) is 10.00 Å². The highest BCUT2D eigenvalue weighted by molar-refractivity contribution is 5.13. The van der Waals surface area contributed by atoms with E-state index in [-0.39, 0.29) is 5.54 Å². The molecule has 100 valence electrons. The summed E-state index contributed by atoms with van der Waals surface area (Å²) in [4.78, 5) is 2.17. The number of hydrogen-bond acceptors (Lipinski definition) is 3. The second kappa shape index (κ2) is 3.96. The van der Waals surface area contributed by atoms with Gasteiger partial charge in [-0.15, -0.1) is 0 Å². The number of aromatic nitrogens is 2. The van der Waals surface area contributed by atoms with Crippen LogP contribution in [0.1, 0.15) is 24.2 Å². The number of rotatable bonds is 2. The molecule has 3 rings (SSSR count). The Kier molecular flexibility index (Phi) is 2.63. The monoisotopic (exact) mass is 261 g/mol. The quantitative estimate of drug-likeness (QED) is 0.882. The summed E-state index contributed by atoms with van der Waals surface area (Å²) in [5.74, 6) is 0. The summed E-state index contributed by atoms with van der Waals surface area (Å²) in [6.07, 6.45) is -2.35. The fourth-order valence-electron chi connectivity index (χ4n) is 2.67. The molecule has 0 aliphatic carbocycles. The van der Waals surface area contributed by atoms with Gasteiger partial charge in [-0.05, 0) is 18.9 Å². The maximum atomic E-state index is 12.4. The highest BCUT2D eigenvalue weighted by Gasteiger charge is 2.47. The summed E-state index contributed by atoms with van der Waals surface area (Å²) in [7, 11) is 0. The molecule has 0 saturated carbocycles. The van der Waals surface area contributed by atoms with Crippen molar-refractivity contribution >= 4 is 0 Å². The van der Waals surface area contributed by atoms with Gasteiger partial charge in [0.2, 0.25) is 0 Å². The third kappa shape index (κ3) is 1.91. The van der Waals surface area contributed by atoms with Crippen molar-refractivity contribution in [3.63, 3.8) is 0 Å². The van der Waals surface area contributed by atoms with Crippen LogP contribution in [-0.2, 0) is 17.5 Å². The molecule has 1 spiro atoms. The molecule has 7 heteroatoms. The zero-order valence-corrected chi connectivity index (χ0v) is 9.76. The molecule has 0 amide bonds. The van der Waals surface area contributed by atoms with Crippen LogP contribution in [0.5, 0.6) is 0 Å². The lowest BCUT2D eigenvalue weighted by Crippen LogP contribution is -2.59. The second-order valence-corrected chi connectivity index (χ2v) is 4.97. The average Bonchev–Trinajstić information content (AvgIpc) is 2.93. The summed E-state index contributed by atoms with van der Waals surface area (Å²) in [6, 6.07) is 1.09. The zero-order chi connectivity index (χ0) is 12.8. The highest BCUT2D eigenvalue weighted by atomic mass is 19.4. The van der Waals surface area contributed by atoms with Gasteiger partial charge < -0.3 is 4.74 Å². The van der Waals surface area contributed by atoms with E-state index in [0.717, 1.165) is 32.1 Å². The molecule has 18 heavy (non-hydrogen) atoms. The summed E-state index contributed by atoms with van der Waals surface area (Å²) in [6.45, 7) is 2.82. The number of ether oxygens (including phenoxy) is 1. The minimum absolute atomic E-state index is 0.0590. The standard InChI is InChI=1S/C11H14F3N3O/c12-11(13,14)9-5-8(15-16-9)6-17-3-1-10(17)2-4-18-7-10/h5H,1-4,6-7H2,(H,15,16). The van der Waals surface area contributed by atoms with Crippen LogP contribution in [0.15, 0.2) is 6.07 Å². The Morgan fingerprint density at radius 3 is 2.78 bits per heavy atom. The van der Waals surface area contributed by atoms with Crippen LogP contribution in [0.4, 0.5) is 13.2 Å². The molecule has 0 radical (unpaired) electrons. The maximum Gasteiger partial charge on any atom is 0.435 e. The molecular weight excluding hydrogens is 247 g/mol. The molecule has 1 atom stereocenters. The van der Waals surface area contributed by atoms with Crippen molar-refractivity contribution in [1.82, 2.24) is 15.1 Å². The minimum Gasteiger partial charge on any atom is -0.379 e. The van der Waals surface area contributed by atoms with Crippen molar-refractivity contribution in [2.24, 2.45) is 0 Å². The minimum atomic E-state index is -4.38. The second-order valence-electron chi connectivity index (χ2n) is 4.97. The molecule has 3 heterocycles. The highest BCUT2D eigenvalue weighted by Crippen LogP contribution is 2.39. The Labute approximate surface area is 102 Å². The van der Waals surface area contributed by atoms with Crippen LogP contribution in [0.3, 0.4) is 0 Å². The van der Waals surface area contributed by atoms with Crippen molar-refractivity contribution in [3.8, 4) is 0 Å². The lowest BCUT2D eigenvalue weighted by molar-refractivity contribution is -0.141. The molecule has 2 fully saturated rings. The first-order valence-electron chi connectivity index (χ1n) is 5.94. The first-order valence-corrected chi connectivity index (χ1v) is 5.94. The number of likely N-dealkylation sites (tertiary alicyclic amines) is 1. The van der Waals surface area contributed by atoms with Gasteiger partial charge >= 0.3 is 6.18 Å². The largest absolute Gasteiger partial charge is 0.435 e. The number of aromatic amines is 1. The third-order valence-electron chi connectivity index (χ3n) is 3.88. The topological polar surface area (TPSA) is 41.1 Å². The summed E-state index contributed by atoms with van der Waals surface area (Å²) < 4.78 is 42.6. The van der Waals surface area contributed by atoms with E-state index in [1.165, 1.54) is 0 Å². The molecule has 0 aromatic carbocycles. The Bertz CT molecular complexity index is 437. The van der Waals surface area contributed by atoms with Crippen molar-refractivity contribution < 1.29 is 17.9 Å². The first kappa shape index (κ1) is 12.0.